The van der Waals surface area contributed by atoms with Gasteiger partial charge < -0.3 is 10.6 Å². The smallest absolute Gasteiger partial charge is 0.293 e. The lowest BCUT2D eigenvalue weighted by molar-refractivity contribution is -0.384. The predicted molar refractivity (Wildman–Crippen MR) is 86.8 cm³/mol. The van der Waals surface area contributed by atoms with Crippen LogP contribution < -0.4 is 10.6 Å². The lowest BCUT2D eigenvalue weighted by Gasteiger charge is -2.29. The number of hydrogen-bond acceptors (Lipinski definition) is 4. The molecule has 2 aliphatic rings. The van der Waals surface area contributed by atoms with E-state index < -0.39 is 10.7 Å². The molecule has 3 unspecified atom stereocenters. The van der Waals surface area contributed by atoms with Crippen molar-refractivity contribution in [2.75, 3.05) is 18.0 Å². The Morgan fingerprint density at radius 2 is 2.14 bits per heavy atom. The number of nitrogens with two attached hydrogens (primary N) is 1. The summed E-state index contributed by atoms with van der Waals surface area (Å²) in [5.41, 5.74) is 6.54. The summed E-state index contributed by atoms with van der Waals surface area (Å²) in [6.07, 6.45) is 3.23. The Labute approximate surface area is 136 Å². The first-order chi connectivity index (χ1) is 9.97. The van der Waals surface area contributed by atoms with Crippen molar-refractivity contribution in [1.29, 1.82) is 0 Å². The Balaban J connectivity index is 1.94. The molecule has 0 bridgehead atoms. The lowest BCUT2D eigenvalue weighted by Crippen LogP contribution is -2.38. The van der Waals surface area contributed by atoms with Gasteiger partial charge in [0.2, 0.25) is 0 Å². The molecule has 3 rings (SSSR count). The first-order valence-corrected chi connectivity index (χ1v) is 8.19. The average Bonchev–Trinajstić information content (AvgIpc) is 2.86. The van der Waals surface area contributed by atoms with Crippen LogP contribution in [0.2, 0.25) is 0 Å². The van der Waals surface area contributed by atoms with E-state index in [-0.39, 0.29) is 15.3 Å². The van der Waals surface area contributed by atoms with Crippen molar-refractivity contribution >= 4 is 34.0 Å². The normalized spacial score (nSPS) is 28.5. The van der Waals surface area contributed by atoms with Crippen LogP contribution in [0.1, 0.15) is 19.3 Å². The quantitative estimate of drug-likeness (QED) is 0.467. The minimum absolute atomic E-state index is 0.0204. The maximum Gasteiger partial charge on any atom is 0.293 e. The zero-order valence-corrected chi connectivity index (χ0v) is 13.6. The number of nitro benzene ring substituents is 1. The van der Waals surface area contributed by atoms with Crippen LogP contribution in [0.4, 0.5) is 15.8 Å². The molecular weight excluding hydrogens is 388 g/mol. The largest absolute Gasteiger partial charge is 0.365 e. The molecule has 2 fully saturated rings. The molecule has 3 atom stereocenters. The first-order valence-electron chi connectivity index (χ1n) is 7.11. The van der Waals surface area contributed by atoms with Crippen LogP contribution in [0.3, 0.4) is 0 Å². The molecular formula is C14H17FIN3O2. The third kappa shape index (κ3) is 2.73. The van der Waals surface area contributed by atoms with E-state index in [2.05, 4.69) is 0 Å². The summed E-state index contributed by atoms with van der Waals surface area (Å²) in [7, 11) is 0. The van der Waals surface area contributed by atoms with E-state index in [1.54, 1.807) is 22.6 Å². The lowest BCUT2D eigenvalue weighted by atomic mass is 9.78. The second kappa shape index (κ2) is 5.68. The molecule has 1 saturated heterocycles. The maximum atomic E-state index is 13.8. The first kappa shape index (κ1) is 15.0. The van der Waals surface area contributed by atoms with Gasteiger partial charge in [-0.25, -0.2) is 4.39 Å². The second-order valence-electron chi connectivity index (χ2n) is 5.94. The van der Waals surface area contributed by atoms with Gasteiger partial charge in [0.1, 0.15) is 11.5 Å². The van der Waals surface area contributed by atoms with Gasteiger partial charge in [0.25, 0.3) is 5.69 Å². The molecule has 1 aromatic carbocycles. The topological polar surface area (TPSA) is 72.4 Å². The number of nitro groups is 1. The number of fused-ring (bicyclic) bond motifs is 1. The molecule has 1 aromatic rings. The molecule has 7 heteroatoms. The van der Waals surface area contributed by atoms with E-state index in [9.17, 15) is 14.5 Å². The van der Waals surface area contributed by atoms with Crippen LogP contribution in [0.5, 0.6) is 0 Å². The molecule has 0 aromatic heterocycles. The Morgan fingerprint density at radius 3 is 2.81 bits per heavy atom. The molecule has 5 nitrogen and oxygen atoms in total. The van der Waals surface area contributed by atoms with Crippen LogP contribution in [-0.2, 0) is 0 Å². The van der Waals surface area contributed by atoms with Gasteiger partial charge in [-0.15, -0.1) is 0 Å². The summed E-state index contributed by atoms with van der Waals surface area (Å²) < 4.78 is 14.1. The fourth-order valence-electron chi connectivity index (χ4n) is 3.64. The summed E-state index contributed by atoms with van der Waals surface area (Å²) >= 11 is 1.78. The Bertz CT molecular complexity index is 584. The Morgan fingerprint density at radius 1 is 1.38 bits per heavy atom. The Hall–Kier alpha value is -0.960. The van der Waals surface area contributed by atoms with Gasteiger partial charge >= 0.3 is 0 Å². The van der Waals surface area contributed by atoms with Crippen molar-refractivity contribution in [3.63, 3.8) is 0 Å². The molecule has 0 amide bonds. The molecule has 1 aliphatic carbocycles. The van der Waals surface area contributed by atoms with E-state index in [1.807, 2.05) is 4.90 Å². The van der Waals surface area contributed by atoms with E-state index in [1.165, 1.54) is 12.1 Å². The van der Waals surface area contributed by atoms with Gasteiger partial charge in [0.05, 0.1) is 8.49 Å². The molecule has 1 heterocycles. The highest BCUT2D eigenvalue weighted by Gasteiger charge is 2.40. The van der Waals surface area contributed by atoms with E-state index in [0.29, 0.717) is 24.1 Å². The highest BCUT2D eigenvalue weighted by atomic mass is 127. The molecule has 114 valence electrons. The number of rotatable bonds is 2. The molecule has 2 N–H and O–H groups in total. The summed E-state index contributed by atoms with van der Waals surface area (Å²) in [5.74, 6) is 0.423. The maximum absolute atomic E-state index is 13.8. The van der Waals surface area contributed by atoms with Crippen LogP contribution in [-0.4, -0.2) is 24.1 Å². The van der Waals surface area contributed by atoms with Crippen molar-refractivity contribution < 1.29 is 9.31 Å². The van der Waals surface area contributed by atoms with E-state index >= 15 is 0 Å². The van der Waals surface area contributed by atoms with Crippen LogP contribution in [0.15, 0.2) is 12.1 Å². The van der Waals surface area contributed by atoms with Crippen LogP contribution >= 0.6 is 22.6 Å². The van der Waals surface area contributed by atoms with Crippen LogP contribution in [0, 0.1) is 31.3 Å². The number of halogens is 2. The standard InChI is InChI=1S/C14H17FIN3O2/c15-10-4-13(14(19(20)21)5-11(10)16)18-6-8-2-1-3-12(17)9(8)7-18/h4-5,8-9,12H,1-3,6-7,17H2. The zero-order valence-electron chi connectivity index (χ0n) is 11.5. The summed E-state index contributed by atoms with van der Waals surface area (Å²) in [6, 6.07) is 2.76. The van der Waals surface area contributed by atoms with Crippen molar-refractivity contribution in [3.8, 4) is 0 Å². The molecule has 0 spiro atoms. The number of benzene rings is 1. The molecule has 0 radical (unpaired) electrons. The predicted octanol–water partition coefficient (Wildman–Crippen LogP) is 2.90. The summed E-state index contributed by atoms with van der Waals surface area (Å²) in [5, 5.41) is 11.2. The minimum Gasteiger partial charge on any atom is -0.365 e. The average molecular weight is 405 g/mol. The zero-order chi connectivity index (χ0) is 15.1. The van der Waals surface area contributed by atoms with Crippen molar-refractivity contribution in [3.05, 3.63) is 31.6 Å². The van der Waals surface area contributed by atoms with Gasteiger partial charge in [-0.1, -0.05) is 6.42 Å². The van der Waals surface area contributed by atoms with Crippen molar-refractivity contribution in [2.24, 2.45) is 17.6 Å². The fourth-order valence-corrected chi connectivity index (χ4v) is 4.09. The fraction of sp³-hybridized carbons (Fsp3) is 0.571. The van der Waals surface area contributed by atoms with Gasteiger partial charge in [-0.3, -0.25) is 10.1 Å². The van der Waals surface area contributed by atoms with Crippen LogP contribution in [0.25, 0.3) is 0 Å². The highest BCUT2D eigenvalue weighted by Crippen LogP contribution is 2.41. The van der Waals surface area contributed by atoms with Gasteiger partial charge in [0, 0.05) is 31.3 Å². The molecule has 21 heavy (non-hydrogen) atoms. The third-order valence-corrected chi connectivity index (χ3v) is 5.54. The SMILES string of the molecule is NC1CCCC2CN(c3cc(F)c(I)cc3[N+](=O)[O-])CC12. The molecule has 1 aliphatic heterocycles. The number of anilines is 1. The van der Waals surface area contributed by atoms with Crippen molar-refractivity contribution in [1.82, 2.24) is 0 Å². The second-order valence-corrected chi connectivity index (χ2v) is 7.10. The number of nitrogens with zero attached hydrogens (tertiary/aromatic N) is 2. The Kier molecular flexibility index (Phi) is 4.04. The number of hydrogen-bond donors (Lipinski definition) is 1. The van der Waals surface area contributed by atoms with Crippen molar-refractivity contribution in [2.45, 2.75) is 25.3 Å². The van der Waals surface area contributed by atoms with E-state index in [0.717, 1.165) is 25.8 Å². The molecule has 1 saturated carbocycles. The monoisotopic (exact) mass is 405 g/mol. The van der Waals surface area contributed by atoms with Gasteiger partial charge in [-0.2, -0.15) is 0 Å². The third-order valence-electron chi connectivity index (χ3n) is 4.71. The summed E-state index contributed by atoms with van der Waals surface area (Å²) in [4.78, 5) is 12.8. The minimum atomic E-state index is -0.432. The van der Waals surface area contributed by atoms with Gasteiger partial charge in [-0.05, 0) is 47.3 Å². The highest BCUT2D eigenvalue weighted by molar-refractivity contribution is 14.1. The van der Waals surface area contributed by atoms with Gasteiger partial charge in [0.15, 0.2) is 0 Å². The summed E-state index contributed by atoms with van der Waals surface area (Å²) in [6.45, 7) is 1.42. The van der Waals surface area contributed by atoms with E-state index in [4.69, 9.17) is 5.73 Å².